The van der Waals surface area contributed by atoms with Gasteiger partial charge < -0.3 is 19.9 Å². The number of anilines is 1. The van der Waals surface area contributed by atoms with Crippen molar-refractivity contribution in [2.45, 2.75) is 31.7 Å². The Labute approximate surface area is 117 Å². The van der Waals surface area contributed by atoms with E-state index >= 15 is 0 Å². The van der Waals surface area contributed by atoms with E-state index in [0.717, 1.165) is 12.8 Å². The minimum absolute atomic E-state index is 0.183. The highest BCUT2D eigenvalue weighted by molar-refractivity contribution is 5.70. The molecule has 0 bridgehead atoms. The summed E-state index contributed by atoms with van der Waals surface area (Å²) in [4.78, 5) is 19.3. The zero-order valence-corrected chi connectivity index (χ0v) is 11.6. The Hall–Kier alpha value is -2.05. The lowest BCUT2D eigenvalue weighted by Crippen LogP contribution is -2.29. The monoisotopic (exact) mass is 281 g/mol. The highest BCUT2D eigenvalue weighted by Gasteiger charge is 2.26. The van der Waals surface area contributed by atoms with Crippen LogP contribution in [-0.4, -0.2) is 41.3 Å². The van der Waals surface area contributed by atoms with Crippen LogP contribution in [0.1, 0.15) is 25.7 Å². The Balaban J connectivity index is 1.98. The summed E-state index contributed by atoms with van der Waals surface area (Å²) in [5.41, 5.74) is 0. The van der Waals surface area contributed by atoms with Crippen LogP contribution < -0.4 is 14.8 Å². The molecule has 1 aromatic rings. The highest BCUT2D eigenvalue weighted by atomic mass is 16.5. The molecule has 0 amide bonds. The molecule has 110 valence electrons. The first-order chi connectivity index (χ1) is 9.62. The van der Waals surface area contributed by atoms with E-state index in [1.165, 1.54) is 14.2 Å². The molecule has 0 saturated heterocycles. The minimum atomic E-state index is -0.706. The number of carboxylic acid groups (broad SMARTS) is 1. The fourth-order valence-corrected chi connectivity index (χ4v) is 2.34. The van der Waals surface area contributed by atoms with Crippen molar-refractivity contribution in [1.29, 1.82) is 0 Å². The summed E-state index contributed by atoms with van der Waals surface area (Å²) >= 11 is 0. The molecular formula is C13H19N3O4. The van der Waals surface area contributed by atoms with Crippen molar-refractivity contribution >= 4 is 11.9 Å². The second kappa shape index (κ2) is 6.40. The molecule has 0 unspecified atom stereocenters. The summed E-state index contributed by atoms with van der Waals surface area (Å²) in [5, 5.41) is 12.2. The van der Waals surface area contributed by atoms with Gasteiger partial charge in [-0.15, -0.1) is 0 Å². The fourth-order valence-electron chi connectivity index (χ4n) is 2.34. The number of aromatic nitrogens is 2. The van der Waals surface area contributed by atoms with Crippen LogP contribution >= 0.6 is 0 Å². The molecule has 1 aromatic heterocycles. The Morgan fingerprint density at radius 3 is 2.20 bits per heavy atom. The lowest BCUT2D eigenvalue weighted by atomic mass is 9.86. The number of carbonyl (C=O) groups is 1. The van der Waals surface area contributed by atoms with Crippen molar-refractivity contribution in [3.8, 4) is 11.8 Å². The average molecular weight is 281 g/mol. The Morgan fingerprint density at radius 2 is 1.75 bits per heavy atom. The van der Waals surface area contributed by atoms with Crippen LogP contribution in [-0.2, 0) is 4.79 Å². The third-order valence-corrected chi connectivity index (χ3v) is 3.51. The van der Waals surface area contributed by atoms with Gasteiger partial charge in [0.1, 0.15) is 0 Å². The largest absolute Gasteiger partial charge is 0.481 e. The first-order valence-electron chi connectivity index (χ1n) is 6.58. The Bertz CT molecular complexity index is 450. The van der Waals surface area contributed by atoms with Crippen LogP contribution in [0.2, 0.25) is 0 Å². The topological polar surface area (TPSA) is 93.6 Å². The van der Waals surface area contributed by atoms with Gasteiger partial charge in [-0.2, -0.15) is 9.97 Å². The van der Waals surface area contributed by atoms with Gasteiger partial charge in [-0.3, -0.25) is 4.79 Å². The normalized spacial score (nSPS) is 22.1. The van der Waals surface area contributed by atoms with E-state index < -0.39 is 5.97 Å². The molecule has 0 radical (unpaired) electrons. The molecule has 0 atom stereocenters. The molecule has 20 heavy (non-hydrogen) atoms. The quantitative estimate of drug-likeness (QED) is 0.845. The summed E-state index contributed by atoms with van der Waals surface area (Å²) < 4.78 is 10.2. The molecular weight excluding hydrogens is 262 g/mol. The van der Waals surface area contributed by atoms with Crippen LogP contribution in [0.4, 0.5) is 5.95 Å². The van der Waals surface area contributed by atoms with Crippen molar-refractivity contribution in [2.75, 3.05) is 19.5 Å². The average Bonchev–Trinajstić information content (AvgIpc) is 2.47. The first kappa shape index (κ1) is 14.4. The van der Waals surface area contributed by atoms with E-state index in [4.69, 9.17) is 14.6 Å². The lowest BCUT2D eigenvalue weighted by molar-refractivity contribution is -0.142. The molecule has 1 fully saturated rings. The smallest absolute Gasteiger partial charge is 0.306 e. The molecule has 0 aromatic carbocycles. The second-order valence-electron chi connectivity index (χ2n) is 4.81. The number of carboxylic acids is 1. The predicted octanol–water partition coefficient (Wildman–Crippen LogP) is 1.55. The zero-order chi connectivity index (χ0) is 14.5. The highest BCUT2D eigenvalue weighted by Crippen LogP contribution is 2.27. The van der Waals surface area contributed by atoms with Gasteiger partial charge in [0.2, 0.25) is 17.7 Å². The summed E-state index contributed by atoms with van der Waals surface area (Å²) in [6.45, 7) is 0. The number of nitrogens with one attached hydrogen (secondary N) is 1. The summed E-state index contributed by atoms with van der Waals surface area (Å²) in [7, 11) is 3.06. The predicted molar refractivity (Wildman–Crippen MR) is 72.1 cm³/mol. The van der Waals surface area contributed by atoms with E-state index in [0.29, 0.717) is 30.5 Å². The van der Waals surface area contributed by atoms with E-state index in [1.54, 1.807) is 6.07 Å². The number of ether oxygens (including phenoxy) is 2. The standard InChI is InChI=1S/C13H19N3O4/c1-19-10-7-11(20-2)16-13(15-10)14-9-5-3-8(4-6-9)12(17)18/h7-9H,3-6H2,1-2H3,(H,17,18)(H,14,15,16). The maximum absolute atomic E-state index is 10.9. The van der Waals surface area contributed by atoms with Gasteiger partial charge in [0, 0.05) is 6.04 Å². The van der Waals surface area contributed by atoms with Crippen molar-refractivity contribution in [1.82, 2.24) is 9.97 Å². The molecule has 7 heteroatoms. The molecule has 0 spiro atoms. The molecule has 0 aliphatic heterocycles. The van der Waals surface area contributed by atoms with E-state index in [9.17, 15) is 4.79 Å². The summed E-state index contributed by atoms with van der Waals surface area (Å²) in [6, 6.07) is 1.79. The van der Waals surface area contributed by atoms with Crippen molar-refractivity contribution in [2.24, 2.45) is 5.92 Å². The van der Waals surface area contributed by atoms with Gasteiger partial charge in [-0.05, 0) is 25.7 Å². The van der Waals surface area contributed by atoms with Gasteiger partial charge in [0.05, 0.1) is 26.2 Å². The Morgan fingerprint density at radius 1 is 1.20 bits per heavy atom. The zero-order valence-electron chi connectivity index (χ0n) is 11.6. The molecule has 7 nitrogen and oxygen atoms in total. The fraction of sp³-hybridized carbons (Fsp3) is 0.615. The van der Waals surface area contributed by atoms with Gasteiger partial charge in [-0.25, -0.2) is 0 Å². The van der Waals surface area contributed by atoms with Gasteiger partial charge in [0.15, 0.2) is 0 Å². The summed E-state index contributed by atoms with van der Waals surface area (Å²) in [6.07, 6.45) is 2.93. The van der Waals surface area contributed by atoms with Crippen molar-refractivity contribution < 1.29 is 19.4 Å². The Kier molecular flexibility index (Phi) is 4.60. The van der Waals surface area contributed by atoms with Gasteiger partial charge in [0.25, 0.3) is 0 Å². The lowest BCUT2D eigenvalue weighted by Gasteiger charge is -2.26. The molecule has 2 N–H and O–H groups in total. The van der Waals surface area contributed by atoms with Gasteiger partial charge >= 0.3 is 5.97 Å². The number of hydrogen-bond acceptors (Lipinski definition) is 6. The number of rotatable bonds is 5. The molecule has 1 aliphatic carbocycles. The maximum atomic E-state index is 10.9. The molecule has 2 rings (SSSR count). The van der Waals surface area contributed by atoms with Crippen LogP contribution in [0.15, 0.2) is 6.07 Å². The third-order valence-electron chi connectivity index (χ3n) is 3.51. The molecule has 1 saturated carbocycles. The number of aliphatic carboxylic acids is 1. The van der Waals surface area contributed by atoms with Crippen LogP contribution in [0, 0.1) is 5.92 Å². The minimum Gasteiger partial charge on any atom is -0.481 e. The SMILES string of the molecule is COc1cc(OC)nc(NC2CCC(C(=O)O)CC2)n1. The first-order valence-corrected chi connectivity index (χ1v) is 6.58. The van der Waals surface area contributed by atoms with Crippen LogP contribution in [0.25, 0.3) is 0 Å². The number of nitrogens with zero attached hydrogens (tertiary/aromatic N) is 2. The van der Waals surface area contributed by atoms with E-state index in [-0.39, 0.29) is 12.0 Å². The van der Waals surface area contributed by atoms with E-state index in [2.05, 4.69) is 15.3 Å². The van der Waals surface area contributed by atoms with Crippen LogP contribution in [0.5, 0.6) is 11.8 Å². The van der Waals surface area contributed by atoms with Gasteiger partial charge in [-0.1, -0.05) is 0 Å². The van der Waals surface area contributed by atoms with E-state index in [1.807, 2.05) is 0 Å². The molecule has 1 aliphatic rings. The summed E-state index contributed by atoms with van der Waals surface area (Å²) in [5.74, 6) is 0.369. The van der Waals surface area contributed by atoms with Crippen molar-refractivity contribution in [3.05, 3.63) is 6.07 Å². The number of hydrogen-bond donors (Lipinski definition) is 2. The van der Waals surface area contributed by atoms with Crippen LogP contribution in [0.3, 0.4) is 0 Å². The second-order valence-corrected chi connectivity index (χ2v) is 4.81. The van der Waals surface area contributed by atoms with Crippen molar-refractivity contribution in [3.63, 3.8) is 0 Å². The third kappa shape index (κ3) is 3.49. The molecule has 1 heterocycles. The number of methoxy groups -OCH3 is 2. The maximum Gasteiger partial charge on any atom is 0.306 e.